The highest BCUT2D eigenvalue weighted by Crippen LogP contribution is 2.37. The van der Waals surface area contributed by atoms with Gasteiger partial charge in [0.15, 0.2) is 5.65 Å². The van der Waals surface area contributed by atoms with Crippen LogP contribution in [0.2, 0.25) is 0 Å². The summed E-state index contributed by atoms with van der Waals surface area (Å²) in [4.78, 5) is 15.7. The Labute approximate surface area is 204 Å². The molecule has 0 bridgehead atoms. The first-order valence-electron chi connectivity index (χ1n) is 12.4. The molecule has 5 aromatic rings. The molecule has 2 N–H and O–H groups in total. The van der Waals surface area contributed by atoms with E-state index in [-0.39, 0.29) is 0 Å². The molecule has 1 aliphatic heterocycles. The van der Waals surface area contributed by atoms with Crippen LogP contribution in [-0.2, 0) is 13.0 Å². The van der Waals surface area contributed by atoms with E-state index in [4.69, 9.17) is 4.98 Å². The summed E-state index contributed by atoms with van der Waals surface area (Å²) in [6, 6.07) is 4.37. The minimum atomic E-state index is 0.337. The van der Waals surface area contributed by atoms with Crippen molar-refractivity contribution >= 4 is 16.7 Å². The Morgan fingerprint density at radius 2 is 1.97 bits per heavy atom. The van der Waals surface area contributed by atoms with E-state index in [9.17, 15) is 0 Å². The van der Waals surface area contributed by atoms with Gasteiger partial charge in [0.05, 0.1) is 28.6 Å². The monoisotopic (exact) mass is 469 g/mol. The van der Waals surface area contributed by atoms with Crippen molar-refractivity contribution in [3.05, 3.63) is 58.9 Å². The third-order valence-corrected chi connectivity index (χ3v) is 7.40. The molecule has 0 saturated carbocycles. The van der Waals surface area contributed by atoms with Crippen molar-refractivity contribution in [1.29, 1.82) is 0 Å². The average Bonchev–Trinajstić information content (AvgIpc) is 3.56. The van der Waals surface area contributed by atoms with Gasteiger partial charge in [0.25, 0.3) is 0 Å². The molecular formula is C26H31N9. The van der Waals surface area contributed by atoms with Gasteiger partial charge in [-0.2, -0.15) is 20.5 Å². The average molecular weight is 470 g/mol. The highest BCUT2D eigenvalue weighted by atomic mass is 15.3. The van der Waals surface area contributed by atoms with Gasteiger partial charge in [0.2, 0.25) is 0 Å². The van der Waals surface area contributed by atoms with Crippen molar-refractivity contribution in [3.8, 4) is 11.3 Å². The van der Waals surface area contributed by atoms with Crippen LogP contribution in [0.4, 0.5) is 0 Å². The summed E-state index contributed by atoms with van der Waals surface area (Å²) in [7, 11) is 0. The number of H-pyrrole nitrogens is 2. The van der Waals surface area contributed by atoms with E-state index in [1.165, 1.54) is 16.8 Å². The predicted molar refractivity (Wildman–Crippen MR) is 135 cm³/mol. The molecule has 1 saturated heterocycles. The Balaban J connectivity index is 1.25. The Kier molecular flexibility index (Phi) is 5.36. The van der Waals surface area contributed by atoms with Crippen LogP contribution in [-0.4, -0.2) is 58.0 Å². The molecular weight excluding hydrogens is 438 g/mol. The van der Waals surface area contributed by atoms with Gasteiger partial charge in [-0.05, 0) is 61.8 Å². The maximum Gasteiger partial charge on any atom is 0.158 e. The molecule has 5 aromatic heterocycles. The second-order valence-corrected chi connectivity index (χ2v) is 10.1. The number of hydrogen-bond acceptors (Lipinski definition) is 6. The number of fused-ring (bicyclic) bond motifs is 2. The largest absolute Gasteiger partial charge is 0.353 e. The van der Waals surface area contributed by atoms with E-state index in [0.29, 0.717) is 11.8 Å². The Bertz CT molecular complexity index is 1490. The maximum atomic E-state index is 5.16. The second kappa shape index (κ2) is 8.57. The number of pyridine rings is 2. The van der Waals surface area contributed by atoms with Crippen LogP contribution in [0, 0.1) is 19.8 Å². The van der Waals surface area contributed by atoms with E-state index in [0.717, 1.165) is 71.7 Å². The fourth-order valence-electron chi connectivity index (χ4n) is 5.37. The zero-order valence-electron chi connectivity index (χ0n) is 20.7. The van der Waals surface area contributed by atoms with Gasteiger partial charge in [0.1, 0.15) is 6.33 Å². The number of rotatable bonds is 7. The van der Waals surface area contributed by atoms with Crippen LogP contribution in [0.5, 0.6) is 0 Å². The van der Waals surface area contributed by atoms with E-state index in [1.54, 1.807) is 12.5 Å². The number of aryl methyl sites for hydroxylation is 2. The van der Waals surface area contributed by atoms with E-state index in [1.807, 2.05) is 4.52 Å². The molecule has 0 aromatic carbocycles. The van der Waals surface area contributed by atoms with Gasteiger partial charge >= 0.3 is 0 Å². The summed E-state index contributed by atoms with van der Waals surface area (Å²) in [5, 5.41) is 15.1. The molecule has 0 spiro atoms. The molecule has 180 valence electrons. The van der Waals surface area contributed by atoms with Crippen molar-refractivity contribution in [2.45, 2.75) is 53.0 Å². The van der Waals surface area contributed by atoms with Crippen LogP contribution in [0.1, 0.15) is 54.3 Å². The lowest BCUT2D eigenvalue weighted by Crippen LogP contribution is -2.46. The van der Waals surface area contributed by atoms with Gasteiger partial charge in [-0.3, -0.25) is 9.88 Å². The zero-order valence-corrected chi connectivity index (χ0v) is 20.7. The standard InChI is InChI=1S/C26H31N9/c1-15(2)23-24(21-13-35-26(27-14-29-35)17(4)16(21)3)31-22-8-7-19(30-25(22)23)6-5-18-10-34(11-18)12-20-9-28-33-32-20/h7-9,13-15,18,31H,5-6,10-12H2,1-4H3,(H,28,32,33). The minimum absolute atomic E-state index is 0.337. The molecule has 1 fully saturated rings. The van der Waals surface area contributed by atoms with Crippen molar-refractivity contribution in [1.82, 2.24) is 44.9 Å². The number of nitrogens with one attached hydrogen (secondary N) is 2. The molecule has 0 unspecified atom stereocenters. The summed E-state index contributed by atoms with van der Waals surface area (Å²) in [5.41, 5.74) is 11.2. The van der Waals surface area contributed by atoms with E-state index in [2.05, 4.69) is 81.4 Å². The highest BCUT2D eigenvalue weighted by molar-refractivity contribution is 5.89. The predicted octanol–water partition coefficient (Wildman–Crippen LogP) is 4.20. The molecule has 0 radical (unpaired) electrons. The molecule has 9 heteroatoms. The van der Waals surface area contributed by atoms with Crippen molar-refractivity contribution in [2.24, 2.45) is 5.92 Å². The highest BCUT2D eigenvalue weighted by Gasteiger charge is 2.27. The fraction of sp³-hybridized carbons (Fsp3) is 0.423. The lowest BCUT2D eigenvalue weighted by Gasteiger charge is -2.38. The molecule has 0 atom stereocenters. The van der Waals surface area contributed by atoms with E-state index >= 15 is 0 Å². The lowest BCUT2D eigenvalue weighted by atomic mass is 9.93. The Hall–Kier alpha value is -3.59. The number of aromatic amines is 2. The molecule has 35 heavy (non-hydrogen) atoms. The van der Waals surface area contributed by atoms with Crippen molar-refractivity contribution < 1.29 is 0 Å². The summed E-state index contributed by atoms with van der Waals surface area (Å²) in [6.45, 7) is 11.9. The summed E-state index contributed by atoms with van der Waals surface area (Å²) < 4.78 is 1.87. The lowest BCUT2D eigenvalue weighted by molar-refractivity contribution is 0.0851. The third-order valence-electron chi connectivity index (χ3n) is 7.40. The smallest absolute Gasteiger partial charge is 0.158 e. The van der Waals surface area contributed by atoms with Crippen LogP contribution in [0.15, 0.2) is 30.9 Å². The summed E-state index contributed by atoms with van der Waals surface area (Å²) in [5.74, 6) is 1.05. The quantitative estimate of drug-likeness (QED) is 0.370. The van der Waals surface area contributed by atoms with Crippen LogP contribution in [0.3, 0.4) is 0 Å². The van der Waals surface area contributed by atoms with Crippen molar-refractivity contribution in [2.75, 3.05) is 13.1 Å². The van der Waals surface area contributed by atoms with Gasteiger partial charge in [-0.1, -0.05) is 13.8 Å². The molecule has 0 aliphatic carbocycles. The third kappa shape index (κ3) is 3.89. The number of aromatic nitrogens is 8. The van der Waals surface area contributed by atoms with Gasteiger partial charge in [-0.15, -0.1) is 0 Å². The molecule has 0 amide bonds. The number of hydrogen-bond donors (Lipinski definition) is 2. The normalized spacial score (nSPS) is 15.0. The summed E-state index contributed by atoms with van der Waals surface area (Å²) in [6.07, 6.45) is 7.66. The van der Waals surface area contributed by atoms with Crippen LogP contribution < -0.4 is 0 Å². The minimum Gasteiger partial charge on any atom is -0.353 e. The second-order valence-electron chi connectivity index (χ2n) is 10.1. The van der Waals surface area contributed by atoms with E-state index < -0.39 is 0 Å². The number of likely N-dealkylation sites (tertiary alicyclic amines) is 1. The SMILES string of the molecule is Cc1c(-c2[nH]c3ccc(CCC4CN(Cc5cn[nH]n5)C4)nc3c2C(C)C)cn2ncnc2c1C. The molecule has 1 aliphatic rings. The first kappa shape index (κ1) is 21.9. The summed E-state index contributed by atoms with van der Waals surface area (Å²) >= 11 is 0. The Morgan fingerprint density at radius 1 is 1.11 bits per heavy atom. The van der Waals surface area contributed by atoms with Crippen LogP contribution in [0.25, 0.3) is 27.9 Å². The first-order chi connectivity index (χ1) is 17.0. The number of nitrogens with zero attached hydrogens (tertiary/aromatic N) is 7. The zero-order chi connectivity index (χ0) is 24.1. The topological polar surface area (TPSA) is 104 Å². The van der Waals surface area contributed by atoms with Crippen LogP contribution >= 0.6 is 0 Å². The fourth-order valence-corrected chi connectivity index (χ4v) is 5.37. The molecule has 9 nitrogen and oxygen atoms in total. The van der Waals surface area contributed by atoms with Crippen molar-refractivity contribution in [3.63, 3.8) is 0 Å². The molecule has 6 heterocycles. The molecule has 6 rings (SSSR count). The van der Waals surface area contributed by atoms with Gasteiger partial charge in [0, 0.05) is 42.7 Å². The maximum absolute atomic E-state index is 5.16. The first-order valence-corrected chi connectivity index (χ1v) is 12.4. The Morgan fingerprint density at radius 3 is 2.74 bits per heavy atom. The van der Waals surface area contributed by atoms with Gasteiger partial charge in [-0.25, -0.2) is 9.50 Å². The van der Waals surface area contributed by atoms with Gasteiger partial charge < -0.3 is 4.98 Å².